The smallest absolute Gasteiger partial charge is 0.0219 e. The van der Waals surface area contributed by atoms with Crippen LogP contribution in [0.1, 0.15) is 31.4 Å². The standard InChI is InChI=1S/C13H21NS2/c1-10-6-15-7-11(10)5-14-12-4-13(2,3)9-16-8-12/h6-7,12,14H,4-5,8-9H2,1-3H3. The molecule has 1 nitrogen and oxygen atoms in total. The summed E-state index contributed by atoms with van der Waals surface area (Å²) in [5.41, 5.74) is 3.41. The van der Waals surface area contributed by atoms with E-state index in [2.05, 4.69) is 48.6 Å². The summed E-state index contributed by atoms with van der Waals surface area (Å²) in [5.74, 6) is 2.58. The molecule has 0 aliphatic carbocycles. The molecule has 0 radical (unpaired) electrons. The van der Waals surface area contributed by atoms with Crippen LogP contribution in [0.25, 0.3) is 0 Å². The average Bonchev–Trinajstić information content (AvgIpc) is 2.60. The van der Waals surface area contributed by atoms with E-state index in [0.717, 1.165) is 6.54 Å². The van der Waals surface area contributed by atoms with Gasteiger partial charge in [0.05, 0.1) is 0 Å². The van der Waals surface area contributed by atoms with Crippen LogP contribution in [0.3, 0.4) is 0 Å². The largest absolute Gasteiger partial charge is 0.309 e. The van der Waals surface area contributed by atoms with E-state index in [9.17, 15) is 0 Å². The minimum Gasteiger partial charge on any atom is -0.309 e. The van der Waals surface area contributed by atoms with Gasteiger partial charge in [-0.25, -0.2) is 0 Å². The van der Waals surface area contributed by atoms with Gasteiger partial charge in [0.25, 0.3) is 0 Å². The highest BCUT2D eigenvalue weighted by molar-refractivity contribution is 7.99. The minimum atomic E-state index is 0.504. The second kappa shape index (κ2) is 5.11. The van der Waals surface area contributed by atoms with Gasteiger partial charge in [0, 0.05) is 18.3 Å². The fourth-order valence-electron chi connectivity index (χ4n) is 2.22. The molecule has 16 heavy (non-hydrogen) atoms. The molecule has 0 saturated carbocycles. The van der Waals surface area contributed by atoms with Gasteiger partial charge in [-0.3, -0.25) is 0 Å². The summed E-state index contributed by atoms with van der Waals surface area (Å²) in [6.45, 7) is 8.00. The second-order valence-corrected chi connectivity index (χ2v) is 7.32. The summed E-state index contributed by atoms with van der Waals surface area (Å²) in [4.78, 5) is 0. The highest BCUT2D eigenvalue weighted by Crippen LogP contribution is 2.33. The first-order chi connectivity index (χ1) is 7.57. The zero-order valence-corrected chi connectivity index (χ0v) is 12.0. The van der Waals surface area contributed by atoms with E-state index in [-0.39, 0.29) is 0 Å². The van der Waals surface area contributed by atoms with Gasteiger partial charge < -0.3 is 5.32 Å². The molecular weight excluding hydrogens is 234 g/mol. The number of hydrogen-bond donors (Lipinski definition) is 1. The molecule has 1 aromatic heterocycles. The van der Waals surface area contributed by atoms with E-state index >= 15 is 0 Å². The molecule has 1 N–H and O–H groups in total. The van der Waals surface area contributed by atoms with Gasteiger partial charge in [0.2, 0.25) is 0 Å². The molecule has 0 bridgehead atoms. The summed E-state index contributed by atoms with van der Waals surface area (Å²) in [7, 11) is 0. The van der Waals surface area contributed by atoms with Crippen molar-refractivity contribution in [3.05, 3.63) is 21.9 Å². The maximum atomic E-state index is 3.71. The van der Waals surface area contributed by atoms with E-state index in [1.807, 2.05) is 11.3 Å². The number of nitrogens with one attached hydrogen (secondary N) is 1. The SMILES string of the molecule is Cc1cscc1CNC1CSCC(C)(C)C1. The predicted octanol–water partition coefficient (Wildman–Crippen LogP) is 3.68. The second-order valence-electron chi connectivity index (χ2n) is 5.54. The van der Waals surface area contributed by atoms with Crippen molar-refractivity contribution in [1.29, 1.82) is 0 Å². The summed E-state index contributed by atoms with van der Waals surface area (Å²) in [6.07, 6.45) is 1.31. The van der Waals surface area contributed by atoms with Crippen molar-refractivity contribution in [2.45, 2.75) is 39.8 Å². The summed E-state index contributed by atoms with van der Waals surface area (Å²) < 4.78 is 0. The Kier molecular flexibility index (Phi) is 3.98. The first-order valence-electron chi connectivity index (χ1n) is 5.90. The Morgan fingerprint density at radius 3 is 2.88 bits per heavy atom. The van der Waals surface area contributed by atoms with Crippen molar-refractivity contribution in [3.8, 4) is 0 Å². The zero-order valence-electron chi connectivity index (χ0n) is 10.4. The monoisotopic (exact) mass is 255 g/mol. The fraction of sp³-hybridized carbons (Fsp3) is 0.692. The first-order valence-corrected chi connectivity index (χ1v) is 7.99. The molecule has 3 heteroatoms. The van der Waals surface area contributed by atoms with Crippen LogP contribution in [0, 0.1) is 12.3 Å². The van der Waals surface area contributed by atoms with Crippen LogP contribution in [-0.2, 0) is 6.54 Å². The summed E-state index contributed by atoms with van der Waals surface area (Å²) in [5, 5.41) is 8.21. The van der Waals surface area contributed by atoms with Crippen LogP contribution >= 0.6 is 23.1 Å². The normalized spacial score (nSPS) is 24.6. The molecule has 0 aromatic carbocycles. The van der Waals surface area contributed by atoms with Gasteiger partial charge in [0.15, 0.2) is 0 Å². The third-order valence-corrected chi connectivity index (χ3v) is 5.69. The number of thioether (sulfide) groups is 1. The lowest BCUT2D eigenvalue weighted by Crippen LogP contribution is -2.39. The van der Waals surface area contributed by atoms with Gasteiger partial charge >= 0.3 is 0 Å². The maximum absolute atomic E-state index is 3.71. The van der Waals surface area contributed by atoms with Crippen molar-refractivity contribution < 1.29 is 0 Å². The highest BCUT2D eigenvalue weighted by atomic mass is 32.2. The molecule has 2 heterocycles. The Hall–Kier alpha value is 0.01000. The fourth-order valence-corrected chi connectivity index (χ4v) is 4.38. The predicted molar refractivity (Wildman–Crippen MR) is 75.4 cm³/mol. The average molecular weight is 255 g/mol. The Morgan fingerprint density at radius 1 is 1.44 bits per heavy atom. The highest BCUT2D eigenvalue weighted by Gasteiger charge is 2.27. The molecule has 2 rings (SSSR count). The van der Waals surface area contributed by atoms with E-state index in [1.54, 1.807) is 0 Å². The van der Waals surface area contributed by atoms with Gasteiger partial charge in [0.1, 0.15) is 0 Å². The van der Waals surface area contributed by atoms with Crippen LogP contribution in [0.4, 0.5) is 0 Å². The van der Waals surface area contributed by atoms with Crippen molar-refractivity contribution in [2.75, 3.05) is 11.5 Å². The Balaban J connectivity index is 1.84. The van der Waals surface area contributed by atoms with Crippen LogP contribution in [0.15, 0.2) is 10.8 Å². The van der Waals surface area contributed by atoms with Crippen LogP contribution in [0.2, 0.25) is 0 Å². The van der Waals surface area contributed by atoms with Crippen molar-refractivity contribution in [2.24, 2.45) is 5.41 Å². The molecule has 1 fully saturated rings. The summed E-state index contributed by atoms with van der Waals surface area (Å²) >= 11 is 3.90. The minimum absolute atomic E-state index is 0.504. The molecule has 1 aromatic rings. The molecule has 1 unspecified atom stereocenters. The van der Waals surface area contributed by atoms with Gasteiger partial charge in [-0.2, -0.15) is 23.1 Å². The van der Waals surface area contributed by atoms with E-state index in [1.165, 1.54) is 29.1 Å². The molecule has 1 aliphatic rings. The molecule has 90 valence electrons. The van der Waals surface area contributed by atoms with Gasteiger partial charge in [-0.05, 0) is 46.4 Å². The number of aryl methyl sites for hydroxylation is 1. The quantitative estimate of drug-likeness (QED) is 0.884. The third-order valence-electron chi connectivity index (χ3n) is 3.15. The van der Waals surface area contributed by atoms with Crippen molar-refractivity contribution in [1.82, 2.24) is 5.32 Å². The zero-order chi connectivity index (χ0) is 11.6. The lowest BCUT2D eigenvalue weighted by atomic mass is 9.88. The van der Waals surface area contributed by atoms with Crippen LogP contribution < -0.4 is 5.32 Å². The molecule has 0 spiro atoms. The Labute approximate surface area is 107 Å². The first kappa shape index (κ1) is 12.5. The molecule has 1 aliphatic heterocycles. The molecule has 1 atom stereocenters. The Bertz CT molecular complexity index is 343. The van der Waals surface area contributed by atoms with Gasteiger partial charge in [-0.15, -0.1) is 0 Å². The van der Waals surface area contributed by atoms with Crippen molar-refractivity contribution in [3.63, 3.8) is 0 Å². The molecular formula is C13H21NS2. The van der Waals surface area contributed by atoms with Crippen molar-refractivity contribution >= 4 is 23.1 Å². The molecule has 1 saturated heterocycles. The van der Waals surface area contributed by atoms with E-state index in [0.29, 0.717) is 11.5 Å². The number of rotatable bonds is 3. The number of hydrogen-bond acceptors (Lipinski definition) is 3. The molecule has 0 amide bonds. The summed E-state index contributed by atoms with van der Waals surface area (Å²) in [6, 6.07) is 0.688. The maximum Gasteiger partial charge on any atom is 0.0219 e. The lowest BCUT2D eigenvalue weighted by Gasteiger charge is -2.35. The Morgan fingerprint density at radius 2 is 2.25 bits per heavy atom. The topological polar surface area (TPSA) is 12.0 Å². The van der Waals surface area contributed by atoms with E-state index < -0.39 is 0 Å². The van der Waals surface area contributed by atoms with E-state index in [4.69, 9.17) is 0 Å². The van der Waals surface area contributed by atoms with Crippen LogP contribution in [-0.4, -0.2) is 17.5 Å². The lowest BCUT2D eigenvalue weighted by molar-refractivity contribution is 0.317. The number of thiophene rings is 1. The third kappa shape index (κ3) is 3.25. The van der Waals surface area contributed by atoms with Gasteiger partial charge in [-0.1, -0.05) is 13.8 Å². The van der Waals surface area contributed by atoms with Crippen LogP contribution in [0.5, 0.6) is 0 Å².